The zero-order valence-electron chi connectivity index (χ0n) is 5.31. The first-order chi connectivity index (χ1) is 4.16. The summed E-state index contributed by atoms with van der Waals surface area (Å²) in [6.07, 6.45) is 0.660. The Balaban J connectivity index is 2.45. The molecule has 1 rings (SSSR count). The number of hydrogen-bond donors (Lipinski definition) is 2. The first-order valence-corrected chi connectivity index (χ1v) is 3.20. The van der Waals surface area contributed by atoms with E-state index in [0.717, 1.165) is 0 Å². The average molecular weight is 133 g/mol. The van der Waals surface area contributed by atoms with Crippen molar-refractivity contribution in [1.82, 2.24) is 0 Å². The lowest BCUT2D eigenvalue weighted by Gasteiger charge is -2.18. The summed E-state index contributed by atoms with van der Waals surface area (Å²) in [6.45, 7) is -0.0899. The van der Waals surface area contributed by atoms with Crippen LogP contribution in [0.15, 0.2) is 0 Å². The van der Waals surface area contributed by atoms with Crippen molar-refractivity contribution in [1.29, 1.82) is 0 Å². The first kappa shape index (κ1) is 6.96. The molecule has 2 unspecified atom stereocenters. The Morgan fingerprint density at radius 1 is 1.78 bits per heavy atom. The summed E-state index contributed by atoms with van der Waals surface area (Å²) < 4.78 is 12.4. The highest BCUT2D eigenvalue weighted by atomic mass is 19.1. The van der Waals surface area contributed by atoms with Gasteiger partial charge in [-0.15, -0.1) is 0 Å². The molecule has 0 aromatic heterocycles. The molecule has 0 amide bonds. The summed E-state index contributed by atoms with van der Waals surface area (Å²) in [5, 5.41) is 8.65. The van der Waals surface area contributed by atoms with E-state index in [2.05, 4.69) is 0 Å². The lowest BCUT2D eigenvalue weighted by atomic mass is 10.0. The van der Waals surface area contributed by atoms with Crippen LogP contribution in [0.2, 0.25) is 0 Å². The molecule has 1 aliphatic rings. The van der Waals surface area contributed by atoms with Crippen LogP contribution in [0.25, 0.3) is 0 Å². The van der Waals surface area contributed by atoms with E-state index >= 15 is 0 Å². The van der Waals surface area contributed by atoms with Crippen LogP contribution in [-0.2, 0) is 0 Å². The average Bonchev–Trinajstić information content (AvgIpc) is 2.13. The monoisotopic (exact) mass is 133 g/mol. The fraction of sp³-hybridized carbons (Fsp3) is 1.00. The Morgan fingerprint density at radius 2 is 2.44 bits per heavy atom. The molecule has 1 saturated carbocycles. The van der Waals surface area contributed by atoms with Gasteiger partial charge in [0.15, 0.2) is 0 Å². The number of nitrogens with two attached hydrogens (primary N) is 1. The highest BCUT2D eigenvalue weighted by Crippen LogP contribution is 2.28. The number of rotatable bonds is 1. The predicted molar refractivity (Wildman–Crippen MR) is 32.8 cm³/mol. The number of alkyl halides is 1. The topological polar surface area (TPSA) is 46.2 Å². The van der Waals surface area contributed by atoms with Gasteiger partial charge in [-0.3, -0.25) is 0 Å². The molecular formula is C6H12FNO. The van der Waals surface area contributed by atoms with Crippen molar-refractivity contribution < 1.29 is 9.50 Å². The van der Waals surface area contributed by atoms with Gasteiger partial charge in [-0.05, 0) is 19.3 Å². The molecule has 3 heteroatoms. The summed E-state index contributed by atoms with van der Waals surface area (Å²) in [5.41, 5.74) is 4.95. The van der Waals surface area contributed by atoms with Crippen LogP contribution < -0.4 is 5.73 Å². The third-order valence-corrected chi connectivity index (χ3v) is 1.90. The quantitative estimate of drug-likeness (QED) is 0.536. The van der Waals surface area contributed by atoms with Crippen LogP contribution in [0.1, 0.15) is 19.3 Å². The van der Waals surface area contributed by atoms with Crippen LogP contribution >= 0.6 is 0 Å². The second-order valence-corrected chi connectivity index (χ2v) is 2.86. The van der Waals surface area contributed by atoms with Crippen molar-refractivity contribution in [3.8, 4) is 0 Å². The largest absolute Gasteiger partial charge is 0.394 e. The fourth-order valence-electron chi connectivity index (χ4n) is 1.23. The van der Waals surface area contributed by atoms with Crippen molar-refractivity contribution >= 4 is 0 Å². The Bertz CT molecular complexity index is 109. The summed E-state index contributed by atoms with van der Waals surface area (Å²) in [4.78, 5) is 0. The zero-order chi connectivity index (χ0) is 6.91. The van der Waals surface area contributed by atoms with E-state index in [1.54, 1.807) is 0 Å². The number of halogens is 1. The van der Waals surface area contributed by atoms with Crippen LogP contribution in [0.5, 0.6) is 0 Å². The molecule has 9 heavy (non-hydrogen) atoms. The fourth-order valence-corrected chi connectivity index (χ4v) is 1.23. The normalized spacial score (nSPS) is 43.7. The Hall–Kier alpha value is -0.150. The Morgan fingerprint density at radius 3 is 2.67 bits per heavy atom. The molecule has 0 heterocycles. The second kappa shape index (κ2) is 2.23. The van der Waals surface area contributed by atoms with Crippen LogP contribution in [0.4, 0.5) is 4.39 Å². The molecule has 1 fully saturated rings. The highest BCUT2D eigenvalue weighted by Gasteiger charge is 2.34. The lowest BCUT2D eigenvalue weighted by Crippen LogP contribution is -2.40. The standard InChI is InChI=1S/C6H12FNO/c7-5-1-2-6(8,3-5)4-9/h5,9H,1-4,8H2. The molecule has 0 aromatic carbocycles. The number of aliphatic hydroxyl groups is 1. The third kappa shape index (κ3) is 1.40. The molecule has 0 bridgehead atoms. The van der Waals surface area contributed by atoms with E-state index in [9.17, 15) is 4.39 Å². The molecule has 2 atom stereocenters. The number of hydrogen-bond acceptors (Lipinski definition) is 2. The van der Waals surface area contributed by atoms with Gasteiger partial charge >= 0.3 is 0 Å². The Kier molecular flexibility index (Phi) is 1.73. The maximum atomic E-state index is 12.4. The highest BCUT2D eigenvalue weighted by molar-refractivity contribution is 4.92. The maximum Gasteiger partial charge on any atom is 0.102 e. The van der Waals surface area contributed by atoms with Crippen LogP contribution in [0, 0.1) is 0 Å². The van der Waals surface area contributed by atoms with Crippen molar-refractivity contribution in [3.63, 3.8) is 0 Å². The summed E-state index contributed by atoms with van der Waals surface area (Å²) in [7, 11) is 0. The molecule has 0 radical (unpaired) electrons. The van der Waals surface area contributed by atoms with Gasteiger partial charge in [-0.1, -0.05) is 0 Å². The minimum absolute atomic E-state index is 0.0899. The van der Waals surface area contributed by atoms with Gasteiger partial charge in [0.05, 0.1) is 6.61 Å². The molecule has 1 aliphatic carbocycles. The molecular weight excluding hydrogens is 121 g/mol. The van der Waals surface area contributed by atoms with Crippen molar-refractivity contribution in [2.45, 2.75) is 31.0 Å². The minimum Gasteiger partial charge on any atom is -0.394 e. The van der Waals surface area contributed by atoms with Crippen molar-refractivity contribution in [3.05, 3.63) is 0 Å². The van der Waals surface area contributed by atoms with E-state index in [4.69, 9.17) is 10.8 Å². The maximum absolute atomic E-state index is 12.4. The van der Waals surface area contributed by atoms with Crippen molar-refractivity contribution in [2.75, 3.05) is 6.61 Å². The van der Waals surface area contributed by atoms with E-state index in [1.165, 1.54) is 0 Å². The molecule has 0 saturated heterocycles. The van der Waals surface area contributed by atoms with Gasteiger partial charge in [0.25, 0.3) is 0 Å². The zero-order valence-corrected chi connectivity index (χ0v) is 5.31. The summed E-state index contributed by atoms with van der Waals surface area (Å²) in [5.74, 6) is 0. The predicted octanol–water partition coefficient (Wildman–Crippen LogP) is 0.198. The van der Waals surface area contributed by atoms with Crippen LogP contribution in [0.3, 0.4) is 0 Å². The Labute approximate surface area is 53.9 Å². The van der Waals surface area contributed by atoms with Gasteiger partial charge in [-0.25, -0.2) is 4.39 Å². The van der Waals surface area contributed by atoms with Crippen LogP contribution in [-0.4, -0.2) is 23.4 Å². The van der Waals surface area contributed by atoms with E-state index in [1.807, 2.05) is 0 Å². The van der Waals surface area contributed by atoms with Gasteiger partial charge in [-0.2, -0.15) is 0 Å². The van der Waals surface area contributed by atoms with Gasteiger partial charge in [0.2, 0.25) is 0 Å². The van der Waals surface area contributed by atoms with E-state index in [0.29, 0.717) is 19.3 Å². The lowest BCUT2D eigenvalue weighted by molar-refractivity contribution is 0.190. The van der Waals surface area contributed by atoms with E-state index < -0.39 is 11.7 Å². The molecule has 0 aliphatic heterocycles. The second-order valence-electron chi connectivity index (χ2n) is 2.86. The summed E-state index contributed by atoms with van der Waals surface area (Å²) >= 11 is 0. The molecule has 0 aromatic rings. The molecule has 0 spiro atoms. The third-order valence-electron chi connectivity index (χ3n) is 1.90. The minimum atomic E-state index is -0.790. The molecule has 2 nitrogen and oxygen atoms in total. The summed E-state index contributed by atoms with van der Waals surface area (Å²) in [6, 6.07) is 0. The molecule has 3 N–H and O–H groups in total. The van der Waals surface area contributed by atoms with Crippen molar-refractivity contribution in [2.24, 2.45) is 5.73 Å². The van der Waals surface area contributed by atoms with Gasteiger partial charge < -0.3 is 10.8 Å². The smallest absolute Gasteiger partial charge is 0.102 e. The van der Waals surface area contributed by atoms with E-state index in [-0.39, 0.29) is 6.61 Å². The number of aliphatic hydroxyl groups excluding tert-OH is 1. The first-order valence-electron chi connectivity index (χ1n) is 3.20. The van der Waals surface area contributed by atoms with Gasteiger partial charge in [0, 0.05) is 5.54 Å². The van der Waals surface area contributed by atoms with Gasteiger partial charge in [0.1, 0.15) is 6.17 Å². The molecule has 54 valence electrons. The SMILES string of the molecule is NC1(CO)CCC(F)C1.